The number of aromatic nitrogens is 2. The Labute approximate surface area is 190 Å². The Kier molecular flexibility index (Phi) is 5.99. The zero-order valence-corrected chi connectivity index (χ0v) is 18.4. The number of amides is 2. The van der Waals surface area contributed by atoms with E-state index in [1.54, 1.807) is 63.7 Å². The van der Waals surface area contributed by atoms with Gasteiger partial charge in [-0.05, 0) is 61.5 Å². The van der Waals surface area contributed by atoms with E-state index in [0.29, 0.717) is 16.9 Å². The number of nitrogens with one attached hydrogen (secondary N) is 2. The molecule has 0 spiro atoms. The Morgan fingerprint density at radius 2 is 1.64 bits per heavy atom. The summed E-state index contributed by atoms with van der Waals surface area (Å²) in [6, 6.07) is 14.7. The second-order valence-corrected chi connectivity index (χ2v) is 7.70. The van der Waals surface area contributed by atoms with Gasteiger partial charge in [0.1, 0.15) is 11.5 Å². The van der Waals surface area contributed by atoms with Crippen LogP contribution in [0.25, 0.3) is 10.8 Å². The van der Waals surface area contributed by atoms with Crippen molar-refractivity contribution in [1.29, 1.82) is 0 Å². The van der Waals surface area contributed by atoms with Gasteiger partial charge in [-0.1, -0.05) is 0 Å². The summed E-state index contributed by atoms with van der Waals surface area (Å²) in [5.41, 5.74) is 3.22. The van der Waals surface area contributed by atoms with Gasteiger partial charge >= 0.3 is 0 Å². The van der Waals surface area contributed by atoms with E-state index in [1.807, 2.05) is 12.1 Å². The molecule has 2 aromatic heterocycles. The van der Waals surface area contributed by atoms with Gasteiger partial charge in [-0.25, -0.2) is 9.37 Å². The molecule has 33 heavy (non-hydrogen) atoms. The Hall–Kier alpha value is -4.33. The number of carbonyl (C=O) groups is 2. The Bertz CT molecular complexity index is 1350. The van der Waals surface area contributed by atoms with Crippen LogP contribution in [0.4, 0.5) is 21.5 Å². The average Bonchev–Trinajstić information content (AvgIpc) is 2.81. The van der Waals surface area contributed by atoms with Gasteiger partial charge in [0.2, 0.25) is 0 Å². The molecule has 8 heteroatoms. The molecule has 7 nitrogen and oxygen atoms in total. The lowest BCUT2D eigenvalue weighted by molar-refractivity contribution is 0.0821. The molecule has 0 atom stereocenters. The summed E-state index contributed by atoms with van der Waals surface area (Å²) in [6.45, 7) is 1.69. The number of pyridine rings is 2. The van der Waals surface area contributed by atoms with E-state index in [1.165, 1.54) is 17.0 Å². The molecule has 2 heterocycles. The summed E-state index contributed by atoms with van der Waals surface area (Å²) in [6.07, 6.45) is 3.34. The second kappa shape index (κ2) is 9.04. The molecule has 0 aliphatic rings. The van der Waals surface area contributed by atoms with Crippen LogP contribution in [-0.4, -0.2) is 40.8 Å². The van der Waals surface area contributed by atoms with Crippen LogP contribution in [0.2, 0.25) is 0 Å². The van der Waals surface area contributed by atoms with Gasteiger partial charge in [-0.3, -0.25) is 14.6 Å². The minimum Gasteiger partial charge on any atom is -0.355 e. The summed E-state index contributed by atoms with van der Waals surface area (Å²) in [5.74, 6) is -0.879. The van der Waals surface area contributed by atoms with Crippen LogP contribution in [0.1, 0.15) is 26.5 Å². The van der Waals surface area contributed by atoms with Crippen molar-refractivity contribution in [3.63, 3.8) is 0 Å². The van der Waals surface area contributed by atoms with Crippen LogP contribution in [-0.2, 0) is 0 Å². The number of aryl methyl sites for hydroxylation is 1. The maximum atomic E-state index is 13.2. The number of hydrogen-bond acceptors (Lipinski definition) is 5. The summed E-state index contributed by atoms with van der Waals surface area (Å²) in [5, 5.41) is 7.77. The lowest BCUT2D eigenvalue weighted by atomic mass is 10.1. The van der Waals surface area contributed by atoms with Crippen molar-refractivity contribution in [2.24, 2.45) is 0 Å². The highest BCUT2D eigenvalue weighted by Crippen LogP contribution is 2.31. The normalized spacial score (nSPS) is 10.7. The lowest BCUT2D eigenvalue weighted by Crippen LogP contribution is -2.23. The summed E-state index contributed by atoms with van der Waals surface area (Å²) < 4.78 is 13.2. The predicted octanol–water partition coefficient (Wildman–Crippen LogP) is 4.78. The number of halogens is 1. The van der Waals surface area contributed by atoms with Gasteiger partial charge in [0.15, 0.2) is 0 Å². The summed E-state index contributed by atoms with van der Waals surface area (Å²) in [4.78, 5) is 35.0. The molecule has 4 aromatic rings. The van der Waals surface area contributed by atoms with Crippen molar-refractivity contribution in [1.82, 2.24) is 14.9 Å². The molecule has 0 fully saturated rings. The summed E-state index contributed by atoms with van der Waals surface area (Å²) >= 11 is 0. The molecule has 0 radical (unpaired) electrons. The van der Waals surface area contributed by atoms with Crippen LogP contribution >= 0.6 is 0 Å². The van der Waals surface area contributed by atoms with Gasteiger partial charge < -0.3 is 15.5 Å². The third-order valence-electron chi connectivity index (χ3n) is 5.15. The van der Waals surface area contributed by atoms with Crippen molar-refractivity contribution in [2.45, 2.75) is 6.92 Å². The largest absolute Gasteiger partial charge is 0.355 e. The number of benzene rings is 2. The molecule has 0 saturated heterocycles. The van der Waals surface area contributed by atoms with E-state index < -0.39 is 0 Å². The fourth-order valence-electron chi connectivity index (χ4n) is 3.44. The SMILES string of the molecule is Cc1nc(C(=O)N(C)C)ccc1C(=O)Nc1ccc(Nc2ccc(F)cc2)c2ccncc12. The quantitative estimate of drug-likeness (QED) is 0.464. The van der Waals surface area contributed by atoms with Crippen LogP contribution in [0, 0.1) is 12.7 Å². The van der Waals surface area contributed by atoms with E-state index in [-0.39, 0.29) is 23.3 Å². The average molecular weight is 443 g/mol. The first-order valence-electron chi connectivity index (χ1n) is 10.2. The molecule has 0 aliphatic carbocycles. The fourth-order valence-corrected chi connectivity index (χ4v) is 3.44. The molecular formula is C25H22FN5O2. The zero-order chi connectivity index (χ0) is 23.5. The first-order chi connectivity index (χ1) is 15.8. The fraction of sp³-hybridized carbons (Fsp3) is 0.120. The van der Waals surface area contributed by atoms with Gasteiger partial charge in [0, 0.05) is 48.6 Å². The van der Waals surface area contributed by atoms with Crippen molar-refractivity contribution in [3.05, 3.63) is 89.8 Å². The Morgan fingerprint density at radius 1 is 0.909 bits per heavy atom. The van der Waals surface area contributed by atoms with Crippen molar-refractivity contribution in [2.75, 3.05) is 24.7 Å². The van der Waals surface area contributed by atoms with E-state index in [0.717, 1.165) is 22.1 Å². The topological polar surface area (TPSA) is 87.2 Å². The second-order valence-electron chi connectivity index (χ2n) is 7.70. The number of carbonyl (C=O) groups excluding carboxylic acids is 2. The smallest absolute Gasteiger partial charge is 0.271 e. The van der Waals surface area contributed by atoms with Crippen LogP contribution in [0.15, 0.2) is 67.0 Å². The predicted molar refractivity (Wildman–Crippen MR) is 126 cm³/mol. The Morgan fingerprint density at radius 3 is 2.33 bits per heavy atom. The van der Waals surface area contributed by atoms with E-state index in [2.05, 4.69) is 20.6 Å². The number of nitrogens with zero attached hydrogens (tertiary/aromatic N) is 3. The van der Waals surface area contributed by atoms with Crippen LogP contribution in [0.5, 0.6) is 0 Å². The van der Waals surface area contributed by atoms with Gasteiger partial charge in [-0.15, -0.1) is 0 Å². The molecule has 0 saturated carbocycles. The monoisotopic (exact) mass is 443 g/mol. The lowest BCUT2D eigenvalue weighted by Gasteiger charge is -2.15. The first-order valence-corrected chi connectivity index (χ1v) is 10.2. The molecule has 0 aliphatic heterocycles. The maximum absolute atomic E-state index is 13.2. The molecule has 166 valence electrons. The highest BCUT2D eigenvalue weighted by atomic mass is 19.1. The number of rotatable bonds is 5. The van der Waals surface area contributed by atoms with Crippen LogP contribution < -0.4 is 10.6 Å². The molecule has 2 N–H and O–H groups in total. The molecule has 0 bridgehead atoms. The number of anilines is 3. The molecular weight excluding hydrogens is 421 g/mol. The van der Waals surface area contributed by atoms with Gasteiger partial charge in [0.25, 0.3) is 11.8 Å². The number of fused-ring (bicyclic) bond motifs is 1. The van der Waals surface area contributed by atoms with E-state index >= 15 is 0 Å². The Balaban J connectivity index is 1.62. The molecule has 0 unspecified atom stereocenters. The number of hydrogen-bond donors (Lipinski definition) is 2. The standard InChI is InChI=1S/C25H22FN5O2/c1-15-18(8-9-23(28-15)25(33)31(2)3)24(32)30-22-11-10-21(19-12-13-27-14-20(19)22)29-17-6-4-16(26)5-7-17/h4-14,29H,1-3H3,(H,30,32). The minimum absolute atomic E-state index is 0.230. The third-order valence-corrected chi connectivity index (χ3v) is 5.15. The molecule has 2 amide bonds. The highest BCUT2D eigenvalue weighted by molar-refractivity contribution is 6.11. The molecule has 2 aromatic carbocycles. The summed E-state index contributed by atoms with van der Waals surface area (Å²) in [7, 11) is 3.29. The van der Waals surface area contributed by atoms with Gasteiger partial charge in [-0.2, -0.15) is 0 Å². The van der Waals surface area contributed by atoms with Gasteiger partial charge in [0.05, 0.1) is 16.9 Å². The third kappa shape index (κ3) is 4.64. The van der Waals surface area contributed by atoms with Crippen molar-refractivity contribution < 1.29 is 14.0 Å². The van der Waals surface area contributed by atoms with E-state index in [4.69, 9.17) is 0 Å². The van der Waals surface area contributed by atoms with Crippen molar-refractivity contribution in [3.8, 4) is 0 Å². The molecule has 4 rings (SSSR count). The minimum atomic E-state index is -0.340. The van der Waals surface area contributed by atoms with Crippen LogP contribution in [0.3, 0.4) is 0 Å². The van der Waals surface area contributed by atoms with E-state index in [9.17, 15) is 14.0 Å². The zero-order valence-electron chi connectivity index (χ0n) is 18.4. The maximum Gasteiger partial charge on any atom is 0.271 e. The highest BCUT2D eigenvalue weighted by Gasteiger charge is 2.16. The van der Waals surface area contributed by atoms with Crippen molar-refractivity contribution >= 4 is 39.6 Å². The first kappa shape index (κ1) is 21.9.